The summed E-state index contributed by atoms with van der Waals surface area (Å²) in [7, 11) is 0. The van der Waals surface area contributed by atoms with E-state index >= 15 is 0 Å². The maximum Gasteiger partial charge on any atom is 5.00 e. The van der Waals surface area contributed by atoms with E-state index in [-0.39, 0.29) is 85.5 Å². The van der Waals surface area contributed by atoms with Gasteiger partial charge in [0.1, 0.15) is 0 Å². The first kappa shape index (κ1) is 85.9. The van der Waals surface area contributed by atoms with E-state index < -0.39 is 0 Å². The van der Waals surface area contributed by atoms with Crippen LogP contribution in [-0.2, 0) is 34.1 Å². The molecular weight excluding hydrogens is 307 g/mol. The van der Waals surface area contributed by atoms with Crippen molar-refractivity contribution in [3.63, 3.8) is 0 Å². The Morgan fingerprint density at radius 2 is 0.400 bits per heavy atom. The Kier molecular flexibility index (Phi) is 83900. The molecule has 9 heteroatoms. The second-order valence-corrected chi connectivity index (χ2v) is 0. The molecule has 6 nitrogen and oxygen atoms in total. The largest absolute Gasteiger partial charge is 5.00 e. The first-order valence-electron chi connectivity index (χ1n) is 1.34. The molecule has 0 unspecified atom stereocenters. The van der Waals surface area contributed by atoms with Crippen LogP contribution in [0.1, 0.15) is 0 Å². The molecule has 0 saturated carbocycles. The van der Waals surface area contributed by atoms with E-state index in [1.807, 2.05) is 0 Å². The molecule has 72 valence electrons. The van der Waals surface area contributed by atoms with Gasteiger partial charge in [-0.1, -0.05) is 0 Å². The van der Waals surface area contributed by atoms with Gasteiger partial charge in [-0.05, 0) is 0 Å². The zero-order valence-corrected chi connectivity index (χ0v) is 12.7. The second kappa shape index (κ2) is 14600. The van der Waals surface area contributed by atoms with Crippen LogP contribution in [-0.4, -0.2) is 51.4 Å². The van der Waals surface area contributed by atoms with Crippen LogP contribution < -0.4 is 0 Å². The predicted octanol–water partition coefficient (Wildman–Crippen LogP) is 0.192. The summed E-state index contributed by atoms with van der Waals surface area (Å²) in [6.07, 6.45) is 0. The third-order valence-corrected chi connectivity index (χ3v) is 0. The van der Waals surface area contributed by atoms with Crippen LogP contribution in [0.2, 0.25) is 0 Å². The third kappa shape index (κ3) is 12400. The normalized spacial score (nSPS) is 0.800. The molecule has 0 heterocycles. The van der Waals surface area contributed by atoms with Crippen LogP contribution in [0.15, 0.2) is 0 Å². The summed E-state index contributed by atoms with van der Waals surface area (Å²) in [6, 6.07) is 0. The molecule has 0 aromatic carbocycles. The summed E-state index contributed by atoms with van der Waals surface area (Å²) >= 11 is 0. The molecule has 0 bridgehead atoms. The maximum atomic E-state index is 6.25. The van der Waals surface area contributed by atoms with Crippen LogP contribution in [0, 0.1) is 71.0 Å². The Labute approximate surface area is 154 Å². The smallest absolute Gasteiger partial charge is 0.512 e. The van der Waals surface area contributed by atoms with E-state index in [1.165, 1.54) is 0 Å². The summed E-state index contributed by atoms with van der Waals surface area (Å²) in [6.45, 7) is 28.5. The molecule has 0 aromatic rings. The number of nitrogens with zero attached hydrogens (tertiary/aromatic N) is 6. The molecule has 0 saturated heterocycles. The fraction of sp³-hybridized carbons (Fsp3) is 0. The minimum absolute atomic E-state index is 0. The van der Waals surface area contributed by atoms with E-state index in [1.54, 1.807) is 0 Å². The molecular formula is C6Fe2KN6-. The summed E-state index contributed by atoms with van der Waals surface area (Å²) < 4.78 is 0. The van der Waals surface area contributed by atoms with E-state index in [9.17, 15) is 0 Å². The zero-order valence-electron chi connectivity index (χ0n) is 7.39. The van der Waals surface area contributed by atoms with Crippen molar-refractivity contribution < 1.29 is 34.1 Å². The van der Waals surface area contributed by atoms with E-state index in [2.05, 4.69) is 0 Å². The molecule has 0 aliphatic carbocycles. The Morgan fingerprint density at radius 3 is 0.400 bits per heavy atom. The van der Waals surface area contributed by atoms with Gasteiger partial charge in [-0.15, -0.1) is 0 Å². The van der Waals surface area contributed by atoms with Crippen LogP contribution in [0.3, 0.4) is 0 Å². The van der Waals surface area contributed by atoms with Crippen molar-refractivity contribution in [2.24, 2.45) is 0 Å². The molecule has 0 aliphatic rings. The van der Waals surface area contributed by atoms with E-state index in [4.69, 9.17) is 71.0 Å². The van der Waals surface area contributed by atoms with Gasteiger partial charge < -0.3 is 71.0 Å². The topological polar surface area (TPSA) is 143 Å². The van der Waals surface area contributed by atoms with Crippen LogP contribution in [0.5, 0.6) is 0 Å². The molecule has 0 fully saturated rings. The minimum Gasteiger partial charge on any atom is -0.512 e. The predicted molar refractivity (Wildman–Crippen MR) is 35.6 cm³/mol. The quantitative estimate of drug-likeness (QED) is 0.461. The molecule has 0 spiro atoms. The van der Waals surface area contributed by atoms with Gasteiger partial charge in [0.2, 0.25) is 0 Å². The fourth-order valence-corrected chi connectivity index (χ4v) is 0. The van der Waals surface area contributed by atoms with Crippen LogP contribution >= 0.6 is 0 Å². The van der Waals surface area contributed by atoms with E-state index in [0.29, 0.717) is 0 Å². The summed E-state index contributed by atoms with van der Waals surface area (Å²) in [5, 5.41) is 37.5. The average Bonchev–Trinajstić information content (AvgIpc) is 2.33. The molecule has 0 amide bonds. The summed E-state index contributed by atoms with van der Waals surface area (Å²) in [5.41, 5.74) is 0. The molecule has 0 atom stereocenters. The van der Waals surface area contributed by atoms with Gasteiger partial charge in [-0.25, -0.2) is 0 Å². The molecule has 0 rings (SSSR count). The van der Waals surface area contributed by atoms with E-state index in [0.717, 1.165) is 0 Å². The van der Waals surface area contributed by atoms with Crippen molar-refractivity contribution >= 4 is 51.4 Å². The molecule has 0 aliphatic heterocycles. The Bertz CT molecular complexity index is 101. The number of hydrogen-bond donors (Lipinski definition) is 0. The van der Waals surface area contributed by atoms with Crippen molar-refractivity contribution in [1.82, 2.24) is 0 Å². The number of hydrogen-bond acceptors (Lipinski definition) is 6. The summed E-state index contributed by atoms with van der Waals surface area (Å²) in [5.74, 6) is 0. The van der Waals surface area contributed by atoms with Crippen molar-refractivity contribution in [2.75, 3.05) is 0 Å². The first-order chi connectivity index (χ1) is 6.00. The van der Waals surface area contributed by atoms with Gasteiger partial charge in [-0.2, -0.15) is 0 Å². The first-order valence-corrected chi connectivity index (χ1v) is 1.34. The van der Waals surface area contributed by atoms with Crippen LogP contribution in [0.4, 0.5) is 0 Å². The zero-order chi connectivity index (χ0) is 12.0. The van der Waals surface area contributed by atoms with Gasteiger partial charge in [0.05, 0.1) is 0 Å². The standard InChI is InChI=1S/6CN.2Fe.K/c6*1-2;;;/q6*-1;;+5;. The second-order valence-electron chi connectivity index (χ2n) is 0. The third-order valence-electron chi connectivity index (χ3n) is 0. The SMILES string of the molecule is [C-]#N.[C-]#N.[C-]#N.[C-]#N.[C-]#N.[C-]#N.[Fe+5].[Fe].[K]. The minimum atomic E-state index is 0. The molecule has 15 heavy (non-hydrogen) atoms. The molecule has 0 N–H and O–H groups in total. The van der Waals surface area contributed by atoms with Crippen LogP contribution in [0.25, 0.3) is 0 Å². The fourth-order valence-electron chi connectivity index (χ4n) is 0. The van der Waals surface area contributed by atoms with Gasteiger partial charge in [0, 0.05) is 68.5 Å². The summed E-state index contributed by atoms with van der Waals surface area (Å²) in [4.78, 5) is 0. The Morgan fingerprint density at radius 1 is 0.400 bits per heavy atom. The average molecular weight is 307 g/mol. The van der Waals surface area contributed by atoms with Crippen molar-refractivity contribution in [3.05, 3.63) is 39.4 Å². The Hall–Kier alpha value is -0.385. The maximum absolute atomic E-state index is 6.25. The van der Waals surface area contributed by atoms with Gasteiger partial charge in [-0.3, -0.25) is 0 Å². The Balaban J connectivity index is -0.00000000396. The van der Waals surface area contributed by atoms with Crippen molar-refractivity contribution in [3.8, 4) is 0 Å². The monoisotopic (exact) mass is 307 g/mol. The number of rotatable bonds is 0. The van der Waals surface area contributed by atoms with Gasteiger partial charge in [0.25, 0.3) is 0 Å². The molecule has 0 aromatic heterocycles. The molecule has 2 radical (unpaired) electrons. The van der Waals surface area contributed by atoms with Gasteiger partial charge in [0.15, 0.2) is 0 Å². The van der Waals surface area contributed by atoms with Crippen molar-refractivity contribution in [1.29, 1.82) is 31.6 Å². The van der Waals surface area contributed by atoms with Crippen molar-refractivity contribution in [2.45, 2.75) is 0 Å². The van der Waals surface area contributed by atoms with Gasteiger partial charge >= 0.3 is 17.1 Å².